The average molecular weight is 424 g/mol. The van der Waals surface area contributed by atoms with Gasteiger partial charge in [-0.3, -0.25) is 9.79 Å². The number of hydrogen-bond acceptors (Lipinski definition) is 5. The summed E-state index contributed by atoms with van der Waals surface area (Å²) in [5.74, 6) is -0.138. The molecule has 1 unspecified atom stereocenters. The van der Waals surface area contributed by atoms with Crippen LogP contribution in [-0.4, -0.2) is 30.2 Å². The van der Waals surface area contributed by atoms with Gasteiger partial charge in [-0.15, -0.1) is 0 Å². The van der Waals surface area contributed by atoms with Gasteiger partial charge in [0.25, 0.3) is 0 Å². The third-order valence-electron chi connectivity index (χ3n) is 6.71. The number of ketones is 1. The number of ether oxygens (including phenoxy) is 2. The molecule has 0 N–H and O–H groups in total. The fourth-order valence-electron chi connectivity index (χ4n) is 5.38. The summed E-state index contributed by atoms with van der Waals surface area (Å²) in [5, 5.41) is 0. The second-order valence-electron chi connectivity index (χ2n) is 9.86. The zero-order valence-electron chi connectivity index (χ0n) is 19.1. The molecule has 2 fully saturated rings. The molecular formula is C26H33NO4. The van der Waals surface area contributed by atoms with Crippen molar-refractivity contribution >= 4 is 17.5 Å². The molecular weight excluding hydrogens is 390 g/mol. The number of esters is 1. The molecule has 0 aromatic heterocycles. The molecule has 0 radical (unpaired) electrons. The van der Waals surface area contributed by atoms with E-state index in [9.17, 15) is 9.59 Å². The van der Waals surface area contributed by atoms with Gasteiger partial charge in [-0.05, 0) is 69.1 Å². The topological polar surface area (TPSA) is 65.0 Å². The quantitative estimate of drug-likeness (QED) is 0.596. The third kappa shape index (κ3) is 4.46. The number of rotatable bonds is 5. The highest BCUT2D eigenvalue weighted by Crippen LogP contribution is 2.47. The smallest absolute Gasteiger partial charge is 0.336 e. The number of fused-ring (bicyclic) bond motifs is 1. The first-order valence-corrected chi connectivity index (χ1v) is 11.5. The largest absolute Gasteiger partial charge is 0.494 e. The Balaban J connectivity index is 1.75. The number of aliphatic imine (C=N–C) groups is 1. The van der Waals surface area contributed by atoms with Gasteiger partial charge >= 0.3 is 5.97 Å². The van der Waals surface area contributed by atoms with Crippen molar-refractivity contribution in [1.82, 2.24) is 0 Å². The molecule has 0 saturated heterocycles. The summed E-state index contributed by atoms with van der Waals surface area (Å²) in [7, 11) is 0. The number of allylic oxidation sites excluding steroid dienone is 1. The molecule has 166 valence electrons. The van der Waals surface area contributed by atoms with Crippen molar-refractivity contribution in [3.8, 4) is 5.75 Å². The maximum atomic E-state index is 13.3. The van der Waals surface area contributed by atoms with Crippen LogP contribution in [0, 0.1) is 11.3 Å². The average Bonchev–Trinajstić information content (AvgIpc) is 3.19. The van der Waals surface area contributed by atoms with Crippen LogP contribution in [0.2, 0.25) is 0 Å². The van der Waals surface area contributed by atoms with Crippen molar-refractivity contribution < 1.29 is 19.1 Å². The first-order chi connectivity index (χ1) is 14.8. The van der Waals surface area contributed by atoms with Crippen molar-refractivity contribution in [2.45, 2.75) is 78.2 Å². The van der Waals surface area contributed by atoms with Gasteiger partial charge in [0.1, 0.15) is 17.6 Å². The number of carbonyl (C=O) groups excluding carboxylic acids is 2. The number of nitrogens with zero attached hydrogens (tertiary/aromatic N) is 1. The van der Waals surface area contributed by atoms with Crippen molar-refractivity contribution in [1.29, 1.82) is 0 Å². The van der Waals surface area contributed by atoms with Crippen LogP contribution in [0.15, 0.2) is 40.5 Å². The number of hydrogen-bond donors (Lipinski definition) is 0. The standard InChI is InChI=1S/C26H33NO4/c1-5-30-18-12-10-17(11-13-18)23-22(25(29)31-19-8-6-7-9-19)16(2)27-20-14-26(3,4)15-21(28)24(20)23/h10-13,19,23-24H,5-9,14-15H2,1-4H3/t23-,24?/m1/s1. The summed E-state index contributed by atoms with van der Waals surface area (Å²) in [6.07, 6.45) is 5.24. The van der Waals surface area contributed by atoms with E-state index in [1.54, 1.807) is 0 Å². The van der Waals surface area contributed by atoms with E-state index in [0.29, 0.717) is 24.3 Å². The molecule has 2 atom stereocenters. The van der Waals surface area contributed by atoms with Gasteiger partial charge in [0, 0.05) is 23.7 Å². The van der Waals surface area contributed by atoms with Crippen molar-refractivity contribution in [3.63, 3.8) is 0 Å². The van der Waals surface area contributed by atoms with Gasteiger partial charge in [0.2, 0.25) is 0 Å². The maximum absolute atomic E-state index is 13.3. The van der Waals surface area contributed by atoms with E-state index in [2.05, 4.69) is 13.8 Å². The molecule has 3 aliphatic rings. The van der Waals surface area contributed by atoms with Crippen LogP contribution in [0.25, 0.3) is 0 Å². The Morgan fingerprint density at radius 2 is 1.77 bits per heavy atom. The second kappa shape index (κ2) is 8.60. The number of carbonyl (C=O) groups is 2. The fraction of sp³-hybridized carbons (Fsp3) is 0.577. The summed E-state index contributed by atoms with van der Waals surface area (Å²) in [4.78, 5) is 31.5. The van der Waals surface area contributed by atoms with Gasteiger partial charge in [-0.1, -0.05) is 26.0 Å². The highest BCUT2D eigenvalue weighted by Gasteiger charge is 2.47. The predicted octanol–water partition coefficient (Wildman–Crippen LogP) is 5.39. The highest BCUT2D eigenvalue weighted by molar-refractivity contribution is 6.12. The molecule has 5 heteroatoms. The SMILES string of the molecule is CCOc1ccc([C@@H]2C(C(=O)OC3CCCC3)=C(C)N=C3CC(C)(C)CC(=O)C32)cc1. The maximum Gasteiger partial charge on any atom is 0.336 e. The van der Waals surface area contributed by atoms with E-state index in [-0.39, 0.29) is 29.2 Å². The molecule has 31 heavy (non-hydrogen) atoms. The lowest BCUT2D eigenvalue weighted by Gasteiger charge is -2.41. The molecule has 4 rings (SSSR count). The van der Waals surface area contributed by atoms with Crippen LogP contribution in [0.4, 0.5) is 0 Å². The molecule has 1 aromatic carbocycles. The Hall–Kier alpha value is -2.43. The molecule has 1 aromatic rings. The van der Waals surface area contributed by atoms with Crippen molar-refractivity contribution in [2.24, 2.45) is 16.3 Å². The summed E-state index contributed by atoms with van der Waals surface area (Å²) < 4.78 is 11.5. The van der Waals surface area contributed by atoms with Crippen LogP contribution in [-0.2, 0) is 14.3 Å². The molecule has 0 amide bonds. The number of Topliss-reactive ketones (excluding diaryl/α,β-unsaturated/α-hetero) is 1. The van der Waals surface area contributed by atoms with E-state index in [0.717, 1.165) is 49.1 Å². The first-order valence-electron chi connectivity index (χ1n) is 11.5. The summed E-state index contributed by atoms with van der Waals surface area (Å²) in [5.41, 5.74) is 2.94. The van der Waals surface area contributed by atoms with E-state index < -0.39 is 5.92 Å². The minimum absolute atomic E-state index is 0.0276. The first kappa shape index (κ1) is 21.8. The van der Waals surface area contributed by atoms with Gasteiger partial charge < -0.3 is 9.47 Å². The van der Waals surface area contributed by atoms with Crippen LogP contribution in [0.3, 0.4) is 0 Å². The normalized spacial score (nSPS) is 25.8. The zero-order chi connectivity index (χ0) is 22.2. The van der Waals surface area contributed by atoms with Crippen LogP contribution in [0.1, 0.15) is 77.7 Å². The third-order valence-corrected chi connectivity index (χ3v) is 6.71. The van der Waals surface area contributed by atoms with E-state index in [4.69, 9.17) is 14.5 Å². The van der Waals surface area contributed by atoms with E-state index >= 15 is 0 Å². The van der Waals surface area contributed by atoms with Crippen LogP contribution >= 0.6 is 0 Å². The highest BCUT2D eigenvalue weighted by atomic mass is 16.5. The Morgan fingerprint density at radius 1 is 1.10 bits per heavy atom. The Morgan fingerprint density at radius 3 is 2.42 bits per heavy atom. The molecule has 5 nitrogen and oxygen atoms in total. The molecule has 2 saturated carbocycles. The minimum atomic E-state index is -0.402. The molecule has 0 bridgehead atoms. The van der Waals surface area contributed by atoms with Gasteiger partial charge in [-0.2, -0.15) is 0 Å². The molecule has 0 spiro atoms. The summed E-state index contributed by atoms with van der Waals surface area (Å²) in [6, 6.07) is 7.77. The Labute approximate surface area is 184 Å². The number of benzene rings is 1. The zero-order valence-corrected chi connectivity index (χ0v) is 19.1. The lowest BCUT2D eigenvalue weighted by Crippen LogP contribution is -2.44. The fourth-order valence-corrected chi connectivity index (χ4v) is 5.38. The van der Waals surface area contributed by atoms with Crippen LogP contribution < -0.4 is 4.74 Å². The van der Waals surface area contributed by atoms with Gasteiger partial charge in [0.05, 0.1) is 18.1 Å². The summed E-state index contributed by atoms with van der Waals surface area (Å²) in [6.45, 7) is 8.64. The Kier molecular flexibility index (Phi) is 6.05. The van der Waals surface area contributed by atoms with Crippen LogP contribution in [0.5, 0.6) is 5.75 Å². The van der Waals surface area contributed by atoms with E-state index in [1.165, 1.54) is 0 Å². The lowest BCUT2D eigenvalue weighted by molar-refractivity contribution is -0.144. The monoisotopic (exact) mass is 423 g/mol. The summed E-state index contributed by atoms with van der Waals surface area (Å²) >= 11 is 0. The van der Waals surface area contributed by atoms with Crippen molar-refractivity contribution in [3.05, 3.63) is 41.1 Å². The molecule has 1 heterocycles. The van der Waals surface area contributed by atoms with Gasteiger partial charge in [-0.25, -0.2) is 4.79 Å². The van der Waals surface area contributed by atoms with Gasteiger partial charge in [0.15, 0.2) is 0 Å². The lowest BCUT2D eigenvalue weighted by atomic mass is 9.63. The molecule has 2 aliphatic carbocycles. The second-order valence-corrected chi connectivity index (χ2v) is 9.86. The van der Waals surface area contributed by atoms with Crippen molar-refractivity contribution in [2.75, 3.05) is 6.61 Å². The Bertz CT molecular complexity index is 919. The minimum Gasteiger partial charge on any atom is -0.494 e. The predicted molar refractivity (Wildman–Crippen MR) is 120 cm³/mol. The van der Waals surface area contributed by atoms with E-state index in [1.807, 2.05) is 38.1 Å². The molecule has 1 aliphatic heterocycles.